The summed E-state index contributed by atoms with van der Waals surface area (Å²) in [6.07, 6.45) is 78.1. The Morgan fingerprint density at radius 1 is 0.383 bits per heavy atom. The number of aliphatic carboxylic acids is 1. The van der Waals surface area contributed by atoms with Crippen molar-refractivity contribution in [3.63, 3.8) is 0 Å². The highest BCUT2D eigenvalue weighted by Gasteiger charge is 2.25. The second-order valence-electron chi connectivity index (χ2n) is 24.8. The van der Waals surface area contributed by atoms with Crippen LogP contribution in [0.1, 0.15) is 335 Å². The third-order valence-corrected chi connectivity index (χ3v) is 15.6. The Morgan fingerprint density at radius 3 is 1.05 bits per heavy atom. The molecule has 0 aromatic rings. The normalized spacial score (nSPS) is 13.0. The minimum atomic E-state index is -1.51. The van der Waals surface area contributed by atoms with Gasteiger partial charge in [-0.2, -0.15) is 0 Å². The van der Waals surface area contributed by atoms with Gasteiger partial charge in [-0.05, 0) is 51.4 Å². The number of ether oxygens (including phenoxy) is 4. The van der Waals surface area contributed by atoms with Gasteiger partial charge in [0.05, 0.1) is 34.4 Å². The Kier molecular flexibility index (Phi) is 61.1. The van der Waals surface area contributed by atoms with Crippen LogP contribution in [-0.4, -0.2) is 87.4 Å². The Bertz CT molecular complexity index is 1470. The minimum Gasteiger partial charge on any atom is -0.477 e. The van der Waals surface area contributed by atoms with E-state index in [1.54, 1.807) is 0 Å². The van der Waals surface area contributed by atoms with Gasteiger partial charge in [0.2, 0.25) is 0 Å². The summed E-state index contributed by atoms with van der Waals surface area (Å²) in [5, 5.41) is 9.74. The van der Waals surface area contributed by atoms with E-state index in [4.69, 9.17) is 18.9 Å². The first-order chi connectivity index (χ1) is 39.6. The highest BCUT2D eigenvalue weighted by molar-refractivity contribution is 5.71. The lowest BCUT2D eigenvalue weighted by Gasteiger charge is -2.25. The van der Waals surface area contributed by atoms with E-state index in [0.717, 1.165) is 77.0 Å². The van der Waals surface area contributed by atoms with E-state index in [1.165, 1.54) is 231 Å². The third-order valence-electron chi connectivity index (χ3n) is 15.6. The number of rotatable bonds is 65. The van der Waals surface area contributed by atoms with Gasteiger partial charge in [-0.3, -0.25) is 9.59 Å². The van der Waals surface area contributed by atoms with E-state index in [2.05, 4.69) is 62.5 Å². The van der Waals surface area contributed by atoms with Crippen molar-refractivity contribution in [2.45, 2.75) is 347 Å². The lowest BCUT2D eigenvalue weighted by Crippen LogP contribution is -2.40. The van der Waals surface area contributed by atoms with Crippen LogP contribution in [0.25, 0.3) is 0 Å². The SMILES string of the molecule is CC/C=C\C/C=C\C/C=C\C/C=C\CCCCCCCCCCCCC(=O)OC(COC(=O)CCCCCCCCCCCCCCCCCCCCCCCCCCCCCCCCCCC)COC(OCC[N+](C)(C)C)C(=O)O. The van der Waals surface area contributed by atoms with E-state index >= 15 is 0 Å². The average molecular weight is 1140 g/mol. The van der Waals surface area contributed by atoms with E-state index in [0.29, 0.717) is 17.4 Å². The van der Waals surface area contributed by atoms with Crippen LogP contribution in [0.4, 0.5) is 0 Å². The van der Waals surface area contributed by atoms with Crippen LogP contribution in [0.5, 0.6) is 0 Å². The zero-order chi connectivity index (χ0) is 59.1. The second kappa shape index (κ2) is 63.3. The van der Waals surface area contributed by atoms with Gasteiger partial charge in [0, 0.05) is 12.8 Å². The number of unbranched alkanes of at least 4 members (excludes halogenated alkanes) is 42. The predicted molar refractivity (Wildman–Crippen MR) is 346 cm³/mol. The number of carbonyl (C=O) groups is 3. The Balaban J connectivity index is 4.04. The molecular formula is C72H134NO8+. The summed E-state index contributed by atoms with van der Waals surface area (Å²) in [6, 6.07) is 0. The minimum absolute atomic E-state index is 0.181. The van der Waals surface area contributed by atoms with Gasteiger partial charge >= 0.3 is 17.9 Å². The first kappa shape index (κ1) is 78.2. The molecule has 9 heteroatoms. The van der Waals surface area contributed by atoms with Crippen LogP contribution in [-0.2, 0) is 33.3 Å². The molecule has 0 radical (unpaired) electrons. The quantitative estimate of drug-likeness (QED) is 0.0211. The van der Waals surface area contributed by atoms with Gasteiger partial charge in [0.15, 0.2) is 6.10 Å². The third kappa shape index (κ3) is 64.7. The van der Waals surface area contributed by atoms with Crippen molar-refractivity contribution in [2.75, 3.05) is 47.5 Å². The zero-order valence-electron chi connectivity index (χ0n) is 54.2. The molecule has 0 aliphatic rings. The standard InChI is InChI=1S/C72H133NO8/c1-6-8-10-12-14-16-18-20-22-24-26-28-30-31-32-33-34-35-36-37-38-39-41-42-44-46-48-50-52-54-56-58-60-62-69(74)79-66-68(67-80-72(71(76)77)78-65-64-73(3,4)5)81-70(75)63-61-59-57-55-53-51-49-47-45-43-40-29-27-25-23-21-19-17-15-13-11-9-7-2/h9,11,15,17,21,23,27,29,68,72H,6-8,10,12-14,16,18-20,22,24-26,28,30-67H2,1-5H3/p+1/b11-9-,17-15-,23-21-,29-27-. The number of quaternary nitrogens is 1. The number of likely N-dealkylation sites (N-methyl/N-ethyl adjacent to an activating group) is 1. The van der Waals surface area contributed by atoms with E-state index in [9.17, 15) is 19.5 Å². The van der Waals surface area contributed by atoms with Crippen molar-refractivity contribution in [1.29, 1.82) is 0 Å². The molecule has 0 aliphatic carbocycles. The second-order valence-corrected chi connectivity index (χ2v) is 24.8. The fraction of sp³-hybridized carbons (Fsp3) is 0.847. The number of carboxylic acids is 1. The van der Waals surface area contributed by atoms with Crippen molar-refractivity contribution in [3.05, 3.63) is 48.6 Å². The monoisotopic (exact) mass is 1140 g/mol. The first-order valence-corrected chi connectivity index (χ1v) is 34.8. The van der Waals surface area contributed by atoms with Crippen LogP contribution in [0, 0.1) is 0 Å². The summed E-state index contributed by atoms with van der Waals surface area (Å²) >= 11 is 0. The van der Waals surface area contributed by atoms with Crippen LogP contribution in [0.3, 0.4) is 0 Å². The van der Waals surface area contributed by atoms with Gasteiger partial charge < -0.3 is 28.5 Å². The van der Waals surface area contributed by atoms with Gasteiger partial charge in [-0.15, -0.1) is 0 Å². The molecule has 0 aromatic heterocycles. The molecule has 0 aromatic carbocycles. The Hall–Kier alpha value is -2.75. The van der Waals surface area contributed by atoms with Gasteiger partial charge in [-0.1, -0.05) is 319 Å². The van der Waals surface area contributed by atoms with Crippen molar-refractivity contribution in [1.82, 2.24) is 0 Å². The van der Waals surface area contributed by atoms with Gasteiger partial charge in [0.25, 0.3) is 6.29 Å². The average Bonchev–Trinajstić information content (AvgIpc) is 3.44. The molecule has 0 amide bonds. The van der Waals surface area contributed by atoms with E-state index < -0.39 is 24.3 Å². The number of carboxylic acid groups (broad SMARTS) is 1. The predicted octanol–water partition coefficient (Wildman–Crippen LogP) is 21.4. The topological polar surface area (TPSA) is 108 Å². The molecule has 0 spiro atoms. The smallest absolute Gasteiger partial charge is 0.361 e. The molecule has 81 heavy (non-hydrogen) atoms. The lowest BCUT2D eigenvalue weighted by molar-refractivity contribution is -0.870. The van der Waals surface area contributed by atoms with E-state index in [-0.39, 0.29) is 32.2 Å². The molecule has 2 atom stereocenters. The van der Waals surface area contributed by atoms with Crippen LogP contribution in [0.2, 0.25) is 0 Å². The molecule has 0 rings (SSSR count). The summed E-state index contributed by atoms with van der Waals surface area (Å²) in [5.41, 5.74) is 0. The molecule has 0 saturated carbocycles. The van der Waals surface area contributed by atoms with Crippen molar-refractivity contribution in [2.24, 2.45) is 0 Å². The molecule has 474 valence electrons. The summed E-state index contributed by atoms with van der Waals surface area (Å²) in [4.78, 5) is 37.6. The molecule has 0 heterocycles. The van der Waals surface area contributed by atoms with Crippen LogP contribution >= 0.6 is 0 Å². The largest absolute Gasteiger partial charge is 0.477 e. The van der Waals surface area contributed by atoms with Crippen LogP contribution < -0.4 is 0 Å². The summed E-state index contributed by atoms with van der Waals surface area (Å²) in [6.45, 7) is 4.82. The number of nitrogens with zero attached hydrogens (tertiary/aromatic N) is 1. The fourth-order valence-corrected chi connectivity index (χ4v) is 10.3. The maximum absolute atomic E-state index is 12.9. The maximum Gasteiger partial charge on any atom is 0.361 e. The Morgan fingerprint density at radius 2 is 0.704 bits per heavy atom. The molecular weight excluding hydrogens is 1010 g/mol. The number of esters is 2. The number of allylic oxidation sites excluding steroid dienone is 8. The summed E-state index contributed by atoms with van der Waals surface area (Å²) in [7, 11) is 5.98. The highest BCUT2D eigenvalue weighted by Crippen LogP contribution is 2.19. The maximum atomic E-state index is 12.9. The van der Waals surface area contributed by atoms with Gasteiger partial charge in [-0.25, -0.2) is 4.79 Å². The molecule has 0 bridgehead atoms. The highest BCUT2D eigenvalue weighted by atomic mass is 16.7. The fourth-order valence-electron chi connectivity index (χ4n) is 10.3. The molecule has 2 unspecified atom stereocenters. The number of hydrogen-bond donors (Lipinski definition) is 1. The Labute approximate surface area is 502 Å². The first-order valence-electron chi connectivity index (χ1n) is 34.8. The van der Waals surface area contributed by atoms with Gasteiger partial charge in [0.1, 0.15) is 13.2 Å². The molecule has 0 saturated heterocycles. The number of hydrogen-bond acceptors (Lipinski definition) is 7. The number of carbonyl (C=O) groups excluding carboxylic acids is 2. The summed E-state index contributed by atoms with van der Waals surface area (Å²) in [5.74, 6) is -1.99. The van der Waals surface area contributed by atoms with Crippen molar-refractivity contribution >= 4 is 17.9 Å². The molecule has 0 fully saturated rings. The molecule has 9 nitrogen and oxygen atoms in total. The van der Waals surface area contributed by atoms with Crippen molar-refractivity contribution in [3.8, 4) is 0 Å². The molecule has 1 N–H and O–H groups in total. The van der Waals surface area contributed by atoms with E-state index in [1.807, 2.05) is 21.1 Å². The molecule has 0 aliphatic heterocycles. The van der Waals surface area contributed by atoms with Crippen molar-refractivity contribution < 1.29 is 42.9 Å². The summed E-state index contributed by atoms with van der Waals surface area (Å²) < 4.78 is 23.0. The lowest BCUT2D eigenvalue weighted by atomic mass is 10.0. The van der Waals surface area contributed by atoms with Crippen LogP contribution in [0.15, 0.2) is 48.6 Å². The zero-order valence-corrected chi connectivity index (χ0v) is 54.2.